The van der Waals surface area contributed by atoms with Crippen LogP contribution in [0.25, 0.3) is 11.0 Å². The average Bonchev–Trinajstić information content (AvgIpc) is 3.17. The van der Waals surface area contributed by atoms with Crippen molar-refractivity contribution >= 4 is 16.9 Å². The van der Waals surface area contributed by atoms with E-state index in [-0.39, 0.29) is 11.9 Å². The maximum Gasteiger partial charge on any atom is 0.254 e. The zero-order valence-electron chi connectivity index (χ0n) is 14.0. The maximum atomic E-state index is 13.1. The number of aryl methyl sites for hydroxylation is 2. The van der Waals surface area contributed by atoms with E-state index in [0.29, 0.717) is 5.56 Å². The Hall–Kier alpha value is -2.63. The predicted molar refractivity (Wildman–Crippen MR) is 91.8 cm³/mol. The molecule has 3 aromatic rings. The number of aromatic amines is 2. The molecule has 6 heteroatoms. The maximum absolute atomic E-state index is 13.1. The molecular weight excluding hydrogens is 302 g/mol. The van der Waals surface area contributed by atoms with Crippen molar-refractivity contribution in [2.75, 3.05) is 6.54 Å². The molecule has 1 saturated heterocycles. The molecule has 3 heterocycles. The summed E-state index contributed by atoms with van der Waals surface area (Å²) in [5, 5.41) is 7.22. The Morgan fingerprint density at radius 3 is 2.96 bits per heavy atom. The Balaban J connectivity index is 1.68. The minimum atomic E-state index is 0.0721. The lowest BCUT2D eigenvalue weighted by Gasteiger charge is -2.35. The van der Waals surface area contributed by atoms with E-state index in [9.17, 15) is 4.79 Å². The number of imidazole rings is 1. The average molecular weight is 323 g/mol. The van der Waals surface area contributed by atoms with Gasteiger partial charge in [0.2, 0.25) is 0 Å². The molecule has 0 bridgehead atoms. The standard InChI is InChI=1S/C18H21N5O/c1-11-10-19-22-17(11)16-5-3-4-8-23(16)18(24)13-6-7-14-15(9-13)21-12(2)20-14/h6-7,9-10,16H,3-5,8H2,1-2H3,(H,19,22)(H,20,21)/t16-/m1/s1. The zero-order valence-corrected chi connectivity index (χ0v) is 14.0. The number of benzene rings is 1. The van der Waals surface area contributed by atoms with Gasteiger partial charge in [-0.1, -0.05) is 0 Å². The van der Waals surface area contributed by atoms with E-state index in [4.69, 9.17) is 0 Å². The first kappa shape index (κ1) is 14.9. The van der Waals surface area contributed by atoms with E-state index in [0.717, 1.165) is 53.9 Å². The van der Waals surface area contributed by atoms with Gasteiger partial charge < -0.3 is 9.88 Å². The van der Waals surface area contributed by atoms with Crippen LogP contribution in [0.5, 0.6) is 0 Å². The van der Waals surface area contributed by atoms with Crippen molar-refractivity contribution in [1.29, 1.82) is 0 Å². The van der Waals surface area contributed by atoms with Gasteiger partial charge in [0.1, 0.15) is 5.82 Å². The highest BCUT2D eigenvalue weighted by atomic mass is 16.2. The largest absolute Gasteiger partial charge is 0.342 e. The molecule has 0 aliphatic carbocycles. The Bertz CT molecular complexity index is 894. The molecule has 124 valence electrons. The summed E-state index contributed by atoms with van der Waals surface area (Å²) in [4.78, 5) is 22.7. The zero-order chi connectivity index (χ0) is 16.7. The quantitative estimate of drug-likeness (QED) is 0.760. The number of nitrogens with zero attached hydrogens (tertiary/aromatic N) is 3. The van der Waals surface area contributed by atoms with Gasteiger partial charge in [-0.25, -0.2) is 4.98 Å². The van der Waals surface area contributed by atoms with Gasteiger partial charge in [-0.3, -0.25) is 9.89 Å². The van der Waals surface area contributed by atoms with Crippen molar-refractivity contribution in [3.63, 3.8) is 0 Å². The molecule has 6 nitrogen and oxygen atoms in total. The molecule has 2 aromatic heterocycles. The van der Waals surface area contributed by atoms with E-state index in [2.05, 4.69) is 20.2 Å². The molecule has 0 radical (unpaired) electrons. The number of H-pyrrole nitrogens is 2. The number of amides is 1. The van der Waals surface area contributed by atoms with Crippen LogP contribution >= 0.6 is 0 Å². The number of carbonyl (C=O) groups is 1. The van der Waals surface area contributed by atoms with Crippen LogP contribution in [0.3, 0.4) is 0 Å². The van der Waals surface area contributed by atoms with E-state index in [1.807, 2.05) is 43.1 Å². The lowest BCUT2D eigenvalue weighted by molar-refractivity contribution is 0.0605. The van der Waals surface area contributed by atoms with Gasteiger partial charge in [-0.15, -0.1) is 0 Å². The summed E-state index contributed by atoms with van der Waals surface area (Å²) in [6.07, 6.45) is 4.97. The van der Waals surface area contributed by atoms with E-state index < -0.39 is 0 Å². The highest BCUT2D eigenvalue weighted by Crippen LogP contribution is 2.32. The second kappa shape index (κ2) is 5.78. The first-order chi connectivity index (χ1) is 11.6. The summed E-state index contributed by atoms with van der Waals surface area (Å²) in [6.45, 7) is 4.74. The molecule has 2 N–H and O–H groups in total. The molecule has 0 spiro atoms. The van der Waals surface area contributed by atoms with Crippen molar-refractivity contribution in [2.24, 2.45) is 0 Å². The number of rotatable bonds is 2. The van der Waals surface area contributed by atoms with Gasteiger partial charge in [0.05, 0.1) is 29.0 Å². The van der Waals surface area contributed by atoms with Gasteiger partial charge in [-0.2, -0.15) is 5.10 Å². The molecular formula is C18H21N5O. The van der Waals surface area contributed by atoms with Crippen LogP contribution in [-0.4, -0.2) is 37.5 Å². The molecule has 24 heavy (non-hydrogen) atoms. The smallest absolute Gasteiger partial charge is 0.254 e. The summed E-state index contributed by atoms with van der Waals surface area (Å²) >= 11 is 0. The van der Waals surface area contributed by atoms with Gasteiger partial charge in [0, 0.05) is 12.1 Å². The number of nitrogens with one attached hydrogen (secondary N) is 2. The number of fused-ring (bicyclic) bond motifs is 1. The van der Waals surface area contributed by atoms with Crippen LogP contribution in [0, 0.1) is 13.8 Å². The number of likely N-dealkylation sites (tertiary alicyclic amines) is 1. The Morgan fingerprint density at radius 1 is 1.29 bits per heavy atom. The number of hydrogen-bond donors (Lipinski definition) is 2. The second-order valence-corrected chi connectivity index (χ2v) is 6.53. The van der Waals surface area contributed by atoms with Gasteiger partial charge in [0.25, 0.3) is 5.91 Å². The fraction of sp³-hybridized carbons (Fsp3) is 0.389. The van der Waals surface area contributed by atoms with Crippen molar-refractivity contribution in [2.45, 2.75) is 39.2 Å². The Morgan fingerprint density at radius 2 is 2.17 bits per heavy atom. The molecule has 1 aliphatic heterocycles. The van der Waals surface area contributed by atoms with Crippen LogP contribution in [0.2, 0.25) is 0 Å². The number of hydrogen-bond acceptors (Lipinski definition) is 3. The molecule has 1 aromatic carbocycles. The highest BCUT2D eigenvalue weighted by Gasteiger charge is 2.30. The summed E-state index contributed by atoms with van der Waals surface area (Å²) in [5.74, 6) is 0.932. The normalized spacial score (nSPS) is 18.2. The van der Waals surface area contributed by atoms with Gasteiger partial charge >= 0.3 is 0 Å². The number of carbonyl (C=O) groups excluding carboxylic acids is 1. The van der Waals surface area contributed by atoms with Crippen molar-refractivity contribution in [3.8, 4) is 0 Å². The lowest BCUT2D eigenvalue weighted by Crippen LogP contribution is -2.39. The second-order valence-electron chi connectivity index (χ2n) is 6.53. The fourth-order valence-corrected chi connectivity index (χ4v) is 3.60. The highest BCUT2D eigenvalue weighted by molar-refractivity contribution is 5.97. The third kappa shape index (κ3) is 2.48. The lowest BCUT2D eigenvalue weighted by atomic mass is 9.96. The van der Waals surface area contributed by atoms with Crippen molar-refractivity contribution in [1.82, 2.24) is 25.1 Å². The third-order valence-corrected chi connectivity index (χ3v) is 4.81. The topological polar surface area (TPSA) is 77.7 Å². The van der Waals surface area contributed by atoms with Crippen LogP contribution in [0.15, 0.2) is 24.4 Å². The SMILES string of the molecule is Cc1nc2ccc(C(=O)N3CCCC[C@@H]3c3[nH]ncc3C)cc2[nH]1. The number of aromatic nitrogens is 4. The fourth-order valence-electron chi connectivity index (χ4n) is 3.60. The summed E-state index contributed by atoms with van der Waals surface area (Å²) in [7, 11) is 0. The van der Waals surface area contributed by atoms with Gasteiger partial charge in [0.15, 0.2) is 0 Å². The summed E-state index contributed by atoms with van der Waals surface area (Å²) < 4.78 is 0. The van der Waals surface area contributed by atoms with Crippen LogP contribution in [0.1, 0.15) is 52.7 Å². The first-order valence-corrected chi connectivity index (χ1v) is 8.40. The molecule has 1 fully saturated rings. The number of piperidine rings is 1. The van der Waals surface area contributed by atoms with Crippen molar-refractivity contribution in [3.05, 3.63) is 47.0 Å². The van der Waals surface area contributed by atoms with Crippen LogP contribution in [-0.2, 0) is 0 Å². The molecule has 0 unspecified atom stereocenters. The molecule has 4 rings (SSSR count). The summed E-state index contributed by atoms with van der Waals surface area (Å²) in [6, 6.07) is 5.76. The first-order valence-electron chi connectivity index (χ1n) is 8.40. The third-order valence-electron chi connectivity index (χ3n) is 4.81. The minimum absolute atomic E-state index is 0.0721. The molecule has 1 aliphatic rings. The van der Waals surface area contributed by atoms with Crippen LogP contribution in [0.4, 0.5) is 0 Å². The molecule has 1 amide bonds. The minimum Gasteiger partial charge on any atom is -0.342 e. The van der Waals surface area contributed by atoms with Crippen LogP contribution < -0.4 is 0 Å². The van der Waals surface area contributed by atoms with E-state index >= 15 is 0 Å². The predicted octanol–water partition coefficient (Wildman–Crippen LogP) is 3.27. The molecule has 1 atom stereocenters. The Labute approximate surface area is 140 Å². The van der Waals surface area contributed by atoms with E-state index in [1.165, 1.54) is 0 Å². The monoisotopic (exact) mass is 323 g/mol. The Kier molecular flexibility index (Phi) is 3.59. The van der Waals surface area contributed by atoms with Gasteiger partial charge in [-0.05, 0) is 56.9 Å². The van der Waals surface area contributed by atoms with E-state index in [1.54, 1.807) is 0 Å². The molecule has 0 saturated carbocycles. The van der Waals surface area contributed by atoms with Crippen molar-refractivity contribution < 1.29 is 4.79 Å². The summed E-state index contributed by atoms with van der Waals surface area (Å²) in [5.41, 5.74) is 4.67.